The summed E-state index contributed by atoms with van der Waals surface area (Å²) in [4.78, 5) is 13.8. The van der Waals surface area contributed by atoms with Gasteiger partial charge in [0.15, 0.2) is 11.5 Å². The predicted octanol–water partition coefficient (Wildman–Crippen LogP) is 3.64. The number of hydrogen-bond acceptors (Lipinski definition) is 3. The molecule has 0 saturated carbocycles. The zero-order chi connectivity index (χ0) is 18.0. The molecule has 0 saturated heterocycles. The van der Waals surface area contributed by atoms with E-state index in [-0.39, 0.29) is 19.1 Å². The minimum atomic E-state index is -4.42. The first-order chi connectivity index (χ1) is 11.8. The third-order valence-corrected chi connectivity index (χ3v) is 3.89. The Hall–Kier alpha value is -2.70. The molecule has 0 atom stereocenters. The van der Waals surface area contributed by atoms with Crippen LogP contribution in [0.4, 0.5) is 13.2 Å². The first-order valence-electron chi connectivity index (χ1n) is 7.61. The lowest BCUT2D eigenvalue weighted by Crippen LogP contribution is -2.27. The van der Waals surface area contributed by atoms with Gasteiger partial charge in [0.1, 0.15) is 0 Å². The van der Waals surface area contributed by atoms with Crippen LogP contribution in [0.5, 0.6) is 11.5 Å². The molecule has 4 nitrogen and oxygen atoms in total. The van der Waals surface area contributed by atoms with E-state index in [9.17, 15) is 18.0 Å². The first kappa shape index (κ1) is 17.1. The molecule has 0 aromatic heterocycles. The summed E-state index contributed by atoms with van der Waals surface area (Å²) in [6.07, 6.45) is -4.51. The van der Waals surface area contributed by atoms with E-state index >= 15 is 0 Å². The van der Waals surface area contributed by atoms with Gasteiger partial charge in [0.25, 0.3) is 0 Å². The van der Waals surface area contributed by atoms with Crippen LogP contribution in [0.3, 0.4) is 0 Å². The van der Waals surface area contributed by atoms with Crippen molar-refractivity contribution in [2.45, 2.75) is 19.1 Å². The van der Waals surface area contributed by atoms with Crippen LogP contribution in [0, 0.1) is 0 Å². The molecule has 3 rings (SSSR count). The summed E-state index contributed by atoms with van der Waals surface area (Å²) in [6.45, 7) is 0.498. The van der Waals surface area contributed by atoms with Crippen molar-refractivity contribution >= 4 is 5.91 Å². The van der Waals surface area contributed by atoms with E-state index in [4.69, 9.17) is 9.47 Å². The molecule has 0 N–H and O–H groups in total. The minimum Gasteiger partial charge on any atom is -0.454 e. The van der Waals surface area contributed by atoms with Gasteiger partial charge < -0.3 is 14.4 Å². The second-order valence-electron chi connectivity index (χ2n) is 5.81. The number of carbonyl (C=O) groups excluding carboxylic acids is 1. The Morgan fingerprint density at radius 3 is 2.60 bits per heavy atom. The third-order valence-electron chi connectivity index (χ3n) is 3.89. The zero-order valence-corrected chi connectivity index (χ0v) is 13.5. The topological polar surface area (TPSA) is 38.8 Å². The smallest absolute Gasteiger partial charge is 0.416 e. The molecule has 0 fully saturated rings. The average molecular weight is 351 g/mol. The molecule has 0 radical (unpaired) electrons. The highest BCUT2D eigenvalue weighted by atomic mass is 19.4. The van der Waals surface area contributed by atoms with Gasteiger partial charge in [-0.3, -0.25) is 4.79 Å². The number of benzene rings is 2. The van der Waals surface area contributed by atoms with Gasteiger partial charge in [0.2, 0.25) is 12.7 Å². The first-order valence-corrected chi connectivity index (χ1v) is 7.61. The molecule has 1 aliphatic heterocycles. The van der Waals surface area contributed by atoms with Crippen LogP contribution in [0.2, 0.25) is 0 Å². The van der Waals surface area contributed by atoms with E-state index in [0.29, 0.717) is 23.6 Å². The molecule has 2 aromatic rings. The van der Waals surface area contributed by atoms with Gasteiger partial charge >= 0.3 is 6.18 Å². The molecule has 25 heavy (non-hydrogen) atoms. The molecule has 132 valence electrons. The Balaban J connectivity index is 1.65. The second-order valence-corrected chi connectivity index (χ2v) is 5.81. The Labute approximate surface area is 142 Å². The average Bonchev–Trinajstić information content (AvgIpc) is 3.02. The van der Waals surface area contributed by atoms with Crippen LogP contribution in [-0.2, 0) is 23.9 Å². The van der Waals surface area contributed by atoms with Gasteiger partial charge in [-0.25, -0.2) is 0 Å². The number of ether oxygens (including phenoxy) is 2. The summed E-state index contributed by atoms with van der Waals surface area (Å²) in [6, 6.07) is 10.2. The van der Waals surface area contributed by atoms with Crippen LogP contribution < -0.4 is 9.47 Å². The van der Waals surface area contributed by atoms with E-state index in [1.54, 1.807) is 19.2 Å². The zero-order valence-electron chi connectivity index (χ0n) is 13.5. The van der Waals surface area contributed by atoms with Crippen LogP contribution in [0.1, 0.15) is 16.7 Å². The number of halogens is 3. The van der Waals surface area contributed by atoms with Gasteiger partial charge in [-0.1, -0.05) is 24.3 Å². The molecule has 1 amide bonds. The van der Waals surface area contributed by atoms with Gasteiger partial charge in [-0.2, -0.15) is 13.2 Å². The fourth-order valence-electron chi connectivity index (χ4n) is 2.57. The molecule has 0 bridgehead atoms. The second kappa shape index (κ2) is 6.66. The molecular formula is C18H16F3NO3. The Bertz CT molecular complexity index is 789. The number of alkyl halides is 3. The van der Waals surface area contributed by atoms with Crippen molar-refractivity contribution in [2.75, 3.05) is 13.8 Å². The fraction of sp³-hybridized carbons (Fsp3) is 0.278. The molecule has 0 aliphatic carbocycles. The third kappa shape index (κ3) is 4.04. The number of carbonyl (C=O) groups is 1. The molecule has 2 aromatic carbocycles. The van der Waals surface area contributed by atoms with Gasteiger partial charge in [-0.05, 0) is 29.3 Å². The monoisotopic (exact) mass is 351 g/mol. The SMILES string of the molecule is CN(Cc1ccc2c(c1)OCO2)C(=O)Cc1cccc(C(F)(F)F)c1. The Kier molecular flexibility index (Phi) is 4.57. The van der Waals surface area contributed by atoms with Crippen LogP contribution in [-0.4, -0.2) is 24.6 Å². The number of likely N-dealkylation sites (N-methyl/N-ethyl adjacent to an activating group) is 1. The van der Waals surface area contributed by atoms with E-state index in [1.165, 1.54) is 17.0 Å². The molecule has 1 aliphatic rings. The van der Waals surface area contributed by atoms with Crippen LogP contribution in [0.25, 0.3) is 0 Å². The number of rotatable bonds is 4. The molecule has 0 unspecified atom stereocenters. The lowest BCUT2D eigenvalue weighted by molar-refractivity contribution is -0.138. The number of hydrogen-bond donors (Lipinski definition) is 0. The maximum absolute atomic E-state index is 12.7. The van der Waals surface area contributed by atoms with Crippen LogP contribution in [0.15, 0.2) is 42.5 Å². The highest BCUT2D eigenvalue weighted by Crippen LogP contribution is 2.33. The standard InChI is InChI=1S/C18H16F3NO3/c1-22(10-13-5-6-15-16(8-13)25-11-24-15)17(23)9-12-3-2-4-14(7-12)18(19,20)21/h2-8H,9-11H2,1H3. The van der Waals surface area contributed by atoms with Crippen molar-refractivity contribution in [3.8, 4) is 11.5 Å². The van der Waals surface area contributed by atoms with E-state index < -0.39 is 11.7 Å². The van der Waals surface area contributed by atoms with E-state index in [2.05, 4.69) is 0 Å². The normalized spacial score (nSPS) is 13.0. The lowest BCUT2D eigenvalue weighted by Gasteiger charge is -2.18. The van der Waals surface area contributed by atoms with Crippen molar-refractivity contribution < 1.29 is 27.4 Å². The lowest BCUT2D eigenvalue weighted by atomic mass is 10.1. The number of fused-ring (bicyclic) bond motifs is 1. The summed E-state index contributed by atoms with van der Waals surface area (Å²) < 4.78 is 48.7. The highest BCUT2D eigenvalue weighted by molar-refractivity contribution is 5.78. The van der Waals surface area contributed by atoms with Gasteiger partial charge in [0, 0.05) is 13.6 Å². The quantitative estimate of drug-likeness (QED) is 0.844. The summed E-state index contributed by atoms with van der Waals surface area (Å²) in [5, 5.41) is 0. The molecule has 0 spiro atoms. The van der Waals surface area contributed by atoms with Crippen molar-refractivity contribution in [3.05, 3.63) is 59.2 Å². The fourth-order valence-corrected chi connectivity index (χ4v) is 2.57. The van der Waals surface area contributed by atoms with E-state index in [0.717, 1.165) is 17.7 Å². The Morgan fingerprint density at radius 2 is 1.84 bits per heavy atom. The highest BCUT2D eigenvalue weighted by Gasteiger charge is 2.30. The van der Waals surface area contributed by atoms with E-state index in [1.807, 2.05) is 6.07 Å². The summed E-state index contributed by atoms with van der Waals surface area (Å²) in [7, 11) is 1.61. The van der Waals surface area contributed by atoms with Gasteiger partial charge in [0.05, 0.1) is 12.0 Å². The van der Waals surface area contributed by atoms with Crippen molar-refractivity contribution in [1.82, 2.24) is 4.90 Å². The number of nitrogens with zero attached hydrogens (tertiary/aromatic N) is 1. The predicted molar refractivity (Wildman–Crippen MR) is 84.2 cm³/mol. The van der Waals surface area contributed by atoms with Gasteiger partial charge in [-0.15, -0.1) is 0 Å². The van der Waals surface area contributed by atoms with Crippen molar-refractivity contribution in [3.63, 3.8) is 0 Å². The summed E-state index contributed by atoms with van der Waals surface area (Å²) in [5.41, 5.74) is 0.428. The Morgan fingerprint density at radius 1 is 1.08 bits per heavy atom. The molecule has 1 heterocycles. The number of amides is 1. The summed E-state index contributed by atoms with van der Waals surface area (Å²) in [5.74, 6) is 1.01. The summed E-state index contributed by atoms with van der Waals surface area (Å²) >= 11 is 0. The maximum atomic E-state index is 12.7. The maximum Gasteiger partial charge on any atom is 0.416 e. The minimum absolute atomic E-state index is 0.0923. The molecule has 7 heteroatoms. The van der Waals surface area contributed by atoms with Crippen LogP contribution >= 0.6 is 0 Å². The van der Waals surface area contributed by atoms with Crippen molar-refractivity contribution in [2.24, 2.45) is 0 Å². The molecular weight excluding hydrogens is 335 g/mol. The van der Waals surface area contributed by atoms with Crippen molar-refractivity contribution in [1.29, 1.82) is 0 Å². The largest absolute Gasteiger partial charge is 0.454 e.